The molecule has 16 heavy (non-hydrogen) atoms. The molecule has 0 fully saturated rings. The first-order chi connectivity index (χ1) is 7.63. The number of carbonyl (C=O) groups is 1. The molecule has 0 saturated carbocycles. The van der Waals surface area contributed by atoms with Gasteiger partial charge in [0.05, 0.1) is 5.56 Å². The predicted octanol–water partition coefficient (Wildman–Crippen LogP) is 2.37. The maximum Gasteiger partial charge on any atom is 0.257 e. The van der Waals surface area contributed by atoms with Crippen LogP contribution in [0.3, 0.4) is 0 Å². The van der Waals surface area contributed by atoms with E-state index in [1.165, 1.54) is 0 Å². The van der Waals surface area contributed by atoms with Crippen LogP contribution in [0.5, 0.6) is 0 Å². The number of nitrogens with one attached hydrogen (secondary N) is 1. The van der Waals surface area contributed by atoms with Crippen molar-refractivity contribution in [1.82, 2.24) is 9.88 Å². The third-order valence-corrected chi connectivity index (χ3v) is 2.81. The summed E-state index contributed by atoms with van der Waals surface area (Å²) >= 11 is 3.33. The Kier molecular flexibility index (Phi) is 4.73. The molecule has 88 valence electrons. The topological polar surface area (TPSA) is 45.2 Å². The highest BCUT2D eigenvalue weighted by Crippen LogP contribution is 2.19. The minimum absolute atomic E-state index is 0.00292. The van der Waals surface area contributed by atoms with Crippen LogP contribution in [0.1, 0.15) is 24.2 Å². The van der Waals surface area contributed by atoms with E-state index in [0.29, 0.717) is 24.5 Å². The van der Waals surface area contributed by atoms with Crippen LogP contribution in [-0.4, -0.2) is 35.9 Å². The number of anilines is 1. The van der Waals surface area contributed by atoms with Crippen molar-refractivity contribution in [3.8, 4) is 0 Å². The largest absolute Gasteiger partial charge is 0.372 e. The van der Waals surface area contributed by atoms with E-state index in [2.05, 4.69) is 26.2 Å². The molecule has 0 atom stereocenters. The summed E-state index contributed by atoms with van der Waals surface area (Å²) in [5, 5.41) is 2.93. The van der Waals surface area contributed by atoms with E-state index in [4.69, 9.17) is 0 Å². The van der Waals surface area contributed by atoms with Crippen molar-refractivity contribution in [3.05, 3.63) is 22.3 Å². The summed E-state index contributed by atoms with van der Waals surface area (Å²) in [5.74, 6) is 0.614. The third-order valence-electron chi connectivity index (χ3n) is 2.37. The number of amides is 1. The number of halogens is 1. The molecular formula is C11H16BrN3O. The number of aromatic nitrogens is 1. The summed E-state index contributed by atoms with van der Waals surface area (Å²) in [6.07, 6.45) is 1.67. The van der Waals surface area contributed by atoms with Gasteiger partial charge in [0.1, 0.15) is 5.82 Å². The van der Waals surface area contributed by atoms with Gasteiger partial charge in [-0.05, 0) is 35.8 Å². The highest BCUT2D eigenvalue weighted by molar-refractivity contribution is 9.10. The van der Waals surface area contributed by atoms with E-state index < -0.39 is 0 Å². The Hall–Kier alpha value is -1.10. The van der Waals surface area contributed by atoms with Crippen molar-refractivity contribution in [1.29, 1.82) is 0 Å². The Balaban J connectivity index is 3.10. The molecule has 1 aromatic rings. The molecule has 1 aromatic heterocycles. The number of hydrogen-bond donors (Lipinski definition) is 1. The van der Waals surface area contributed by atoms with Gasteiger partial charge in [-0.25, -0.2) is 4.98 Å². The monoisotopic (exact) mass is 285 g/mol. The fraction of sp³-hybridized carbons (Fsp3) is 0.455. The fourth-order valence-corrected chi connectivity index (χ4v) is 1.81. The van der Waals surface area contributed by atoms with E-state index >= 15 is 0 Å². The summed E-state index contributed by atoms with van der Waals surface area (Å²) in [7, 11) is 1.76. The number of carbonyl (C=O) groups excluding carboxylic acids is 1. The van der Waals surface area contributed by atoms with Crippen molar-refractivity contribution >= 4 is 27.7 Å². The van der Waals surface area contributed by atoms with Crippen molar-refractivity contribution < 1.29 is 4.79 Å². The Morgan fingerprint density at radius 1 is 1.50 bits per heavy atom. The molecular weight excluding hydrogens is 270 g/mol. The van der Waals surface area contributed by atoms with Crippen LogP contribution < -0.4 is 5.32 Å². The molecule has 1 heterocycles. The lowest BCUT2D eigenvalue weighted by Gasteiger charge is -2.19. The van der Waals surface area contributed by atoms with Crippen LogP contribution >= 0.6 is 15.9 Å². The highest BCUT2D eigenvalue weighted by atomic mass is 79.9. The van der Waals surface area contributed by atoms with E-state index in [1.54, 1.807) is 24.2 Å². The SMILES string of the molecule is CCN(CC)C(=O)c1cc(Br)cnc1NC. The van der Waals surface area contributed by atoms with E-state index in [0.717, 1.165) is 4.47 Å². The first kappa shape index (κ1) is 13.0. The molecule has 0 saturated heterocycles. The van der Waals surface area contributed by atoms with Gasteiger partial charge >= 0.3 is 0 Å². The summed E-state index contributed by atoms with van der Waals surface area (Å²) in [6, 6.07) is 1.79. The van der Waals surface area contributed by atoms with Crippen LogP contribution in [0.25, 0.3) is 0 Å². The van der Waals surface area contributed by atoms with Crippen molar-refractivity contribution in [2.24, 2.45) is 0 Å². The standard InChI is InChI=1S/C11H16BrN3O/c1-4-15(5-2)11(16)9-6-8(12)7-14-10(9)13-3/h6-7H,4-5H2,1-3H3,(H,13,14). The highest BCUT2D eigenvalue weighted by Gasteiger charge is 2.17. The normalized spacial score (nSPS) is 10.0. The molecule has 1 rings (SSSR count). The minimum atomic E-state index is 0.00292. The average Bonchev–Trinajstić information content (AvgIpc) is 2.30. The van der Waals surface area contributed by atoms with Gasteiger partial charge in [-0.3, -0.25) is 4.79 Å². The van der Waals surface area contributed by atoms with Gasteiger partial charge in [0.15, 0.2) is 0 Å². The zero-order chi connectivity index (χ0) is 12.1. The lowest BCUT2D eigenvalue weighted by atomic mass is 10.2. The van der Waals surface area contributed by atoms with E-state index in [-0.39, 0.29) is 5.91 Å². The van der Waals surface area contributed by atoms with Gasteiger partial charge in [0.25, 0.3) is 5.91 Å². The van der Waals surface area contributed by atoms with Gasteiger partial charge < -0.3 is 10.2 Å². The zero-order valence-corrected chi connectivity index (χ0v) is 11.3. The Labute approximate surface area is 104 Å². The second-order valence-electron chi connectivity index (χ2n) is 3.28. The Morgan fingerprint density at radius 2 is 2.12 bits per heavy atom. The van der Waals surface area contributed by atoms with Crippen LogP contribution in [0.4, 0.5) is 5.82 Å². The van der Waals surface area contributed by atoms with Gasteiger partial charge in [0.2, 0.25) is 0 Å². The fourth-order valence-electron chi connectivity index (χ4n) is 1.48. The van der Waals surface area contributed by atoms with Crippen molar-refractivity contribution in [2.75, 3.05) is 25.5 Å². The first-order valence-corrected chi connectivity index (χ1v) is 6.05. The first-order valence-electron chi connectivity index (χ1n) is 5.26. The zero-order valence-electron chi connectivity index (χ0n) is 9.75. The van der Waals surface area contributed by atoms with Gasteiger partial charge in [-0.15, -0.1) is 0 Å². The molecule has 0 aliphatic heterocycles. The molecule has 1 amide bonds. The van der Waals surface area contributed by atoms with Crippen molar-refractivity contribution in [2.45, 2.75) is 13.8 Å². The van der Waals surface area contributed by atoms with Gasteiger partial charge in [0, 0.05) is 30.8 Å². The number of hydrogen-bond acceptors (Lipinski definition) is 3. The molecule has 1 N–H and O–H groups in total. The van der Waals surface area contributed by atoms with Crippen LogP contribution in [0, 0.1) is 0 Å². The quantitative estimate of drug-likeness (QED) is 0.924. The molecule has 0 radical (unpaired) electrons. The maximum absolute atomic E-state index is 12.2. The van der Waals surface area contributed by atoms with Gasteiger partial charge in [-0.1, -0.05) is 0 Å². The number of nitrogens with zero attached hydrogens (tertiary/aromatic N) is 2. The minimum Gasteiger partial charge on any atom is -0.372 e. The molecule has 0 spiro atoms. The van der Waals surface area contributed by atoms with Crippen LogP contribution in [-0.2, 0) is 0 Å². The number of pyridine rings is 1. The van der Waals surface area contributed by atoms with Crippen molar-refractivity contribution in [3.63, 3.8) is 0 Å². The number of rotatable bonds is 4. The second kappa shape index (κ2) is 5.84. The summed E-state index contributed by atoms with van der Waals surface area (Å²) in [5.41, 5.74) is 0.598. The Bertz CT molecular complexity index is 377. The van der Waals surface area contributed by atoms with Crippen LogP contribution in [0.15, 0.2) is 16.7 Å². The molecule has 0 unspecified atom stereocenters. The smallest absolute Gasteiger partial charge is 0.257 e. The molecule has 0 aromatic carbocycles. The summed E-state index contributed by atoms with van der Waals surface area (Å²) in [6.45, 7) is 5.33. The molecule has 0 aliphatic carbocycles. The van der Waals surface area contributed by atoms with E-state index in [9.17, 15) is 4.79 Å². The third kappa shape index (κ3) is 2.72. The summed E-state index contributed by atoms with van der Waals surface area (Å²) in [4.78, 5) is 18.1. The molecule has 5 heteroatoms. The lowest BCUT2D eigenvalue weighted by Crippen LogP contribution is -2.31. The van der Waals surface area contributed by atoms with E-state index in [1.807, 2.05) is 13.8 Å². The molecule has 0 aliphatic rings. The predicted molar refractivity (Wildman–Crippen MR) is 68.7 cm³/mol. The van der Waals surface area contributed by atoms with Gasteiger partial charge in [-0.2, -0.15) is 0 Å². The molecule has 4 nitrogen and oxygen atoms in total. The average molecular weight is 286 g/mol. The second-order valence-corrected chi connectivity index (χ2v) is 4.19. The Morgan fingerprint density at radius 3 is 2.62 bits per heavy atom. The van der Waals surface area contributed by atoms with Crippen LogP contribution in [0.2, 0.25) is 0 Å². The maximum atomic E-state index is 12.2. The molecule has 0 bridgehead atoms. The summed E-state index contributed by atoms with van der Waals surface area (Å²) < 4.78 is 0.807. The lowest BCUT2D eigenvalue weighted by molar-refractivity contribution is 0.0773.